The summed E-state index contributed by atoms with van der Waals surface area (Å²) in [5.41, 5.74) is 1.27. The smallest absolute Gasteiger partial charge is 0.348 e. The Balaban J connectivity index is 1.53. The lowest BCUT2D eigenvalue weighted by Gasteiger charge is -2.21. The van der Waals surface area contributed by atoms with E-state index >= 15 is 0 Å². The molecule has 3 atom stereocenters. The molecule has 0 radical (unpaired) electrons. The summed E-state index contributed by atoms with van der Waals surface area (Å²) < 4.78 is 4.71. The van der Waals surface area contributed by atoms with Gasteiger partial charge < -0.3 is 14.7 Å². The average molecular weight is 452 g/mol. The maximum Gasteiger partial charge on any atom is 0.348 e. The van der Waals surface area contributed by atoms with Crippen molar-refractivity contribution in [3.63, 3.8) is 0 Å². The van der Waals surface area contributed by atoms with E-state index in [0.717, 1.165) is 24.1 Å². The maximum absolute atomic E-state index is 12.3. The van der Waals surface area contributed by atoms with Crippen LogP contribution in [-0.2, 0) is 16.0 Å². The first-order chi connectivity index (χ1) is 15.5. The van der Waals surface area contributed by atoms with Gasteiger partial charge in [-0.3, -0.25) is 4.79 Å². The number of hydrogen-bond donors (Lipinski definition) is 1. The fourth-order valence-corrected chi connectivity index (χ4v) is 4.43. The first-order valence-electron chi connectivity index (χ1n) is 10.8. The lowest BCUT2D eigenvalue weighted by atomic mass is 9.95. The van der Waals surface area contributed by atoms with Crippen molar-refractivity contribution in [2.24, 2.45) is 5.92 Å². The summed E-state index contributed by atoms with van der Waals surface area (Å²) in [5.74, 6) is 5.88. The quantitative estimate of drug-likeness (QED) is 0.373. The summed E-state index contributed by atoms with van der Waals surface area (Å²) in [6.07, 6.45) is 6.25. The third-order valence-corrected chi connectivity index (χ3v) is 6.65. The van der Waals surface area contributed by atoms with Crippen molar-refractivity contribution in [3.8, 4) is 11.8 Å². The van der Waals surface area contributed by atoms with E-state index in [4.69, 9.17) is 4.74 Å². The number of carbonyl (C=O) groups is 2. The maximum atomic E-state index is 12.3. The summed E-state index contributed by atoms with van der Waals surface area (Å²) >= 11 is 1.27. The summed E-state index contributed by atoms with van der Waals surface area (Å²) in [4.78, 5) is 26.9. The van der Waals surface area contributed by atoms with E-state index < -0.39 is 6.10 Å². The van der Waals surface area contributed by atoms with Gasteiger partial charge in [0, 0.05) is 6.42 Å². The van der Waals surface area contributed by atoms with Gasteiger partial charge in [-0.15, -0.1) is 11.3 Å². The summed E-state index contributed by atoms with van der Waals surface area (Å²) in [7, 11) is 1.35. The number of aliphatic hydroxyl groups is 1. The van der Waals surface area contributed by atoms with Crippen molar-refractivity contribution < 1.29 is 19.4 Å². The van der Waals surface area contributed by atoms with Crippen LogP contribution in [0.1, 0.15) is 46.3 Å². The molecule has 5 nitrogen and oxygen atoms in total. The van der Waals surface area contributed by atoms with Gasteiger partial charge in [0.15, 0.2) is 0 Å². The van der Waals surface area contributed by atoms with Crippen LogP contribution in [0.5, 0.6) is 0 Å². The molecule has 0 bridgehead atoms. The van der Waals surface area contributed by atoms with Gasteiger partial charge in [0.05, 0.1) is 30.7 Å². The van der Waals surface area contributed by atoms with Crippen LogP contribution in [-0.4, -0.2) is 47.7 Å². The third kappa shape index (κ3) is 6.56. The van der Waals surface area contributed by atoms with Crippen molar-refractivity contribution in [1.29, 1.82) is 0 Å². The molecular weight excluding hydrogens is 422 g/mol. The fraction of sp³-hybridized carbons (Fsp3) is 0.385. The minimum Gasteiger partial charge on any atom is -0.465 e. The van der Waals surface area contributed by atoms with Crippen molar-refractivity contribution in [2.45, 2.75) is 44.8 Å². The van der Waals surface area contributed by atoms with E-state index in [2.05, 4.69) is 24.0 Å². The third-order valence-electron chi connectivity index (χ3n) is 5.67. The molecule has 1 aliphatic rings. The molecule has 0 unspecified atom stereocenters. The van der Waals surface area contributed by atoms with E-state index in [0.29, 0.717) is 17.8 Å². The van der Waals surface area contributed by atoms with Crippen molar-refractivity contribution in [1.82, 2.24) is 4.90 Å². The van der Waals surface area contributed by atoms with Crippen LogP contribution in [0.2, 0.25) is 0 Å². The van der Waals surface area contributed by atoms with E-state index in [9.17, 15) is 14.7 Å². The van der Waals surface area contributed by atoms with Crippen molar-refractivity contribution in [3.05, 3.63) is 69.9 Å². The van der Waals surface area contributed by atoms with E-state index in [1.807, 2.05) is 37.3 Å². The molecule has 2 heterocycles. The van der Waals surface area contributed by atoms with Gasteiger partial charge in [-0.25, -0.2) is 4.79 Å². The second kappa shape index (κ2) is 11.7. The van der Waals surface area contributed by atoms with Crippen LogP contribution in [0.4, 0.5) is 0 Å². The summed E-state index contributed by atoms with van der Waals surface area (Å²) in [6, 6.07) is 13.7. The Morgan fingerprint density at radius 2 is 2.09 bits per heavy atom. The number of amides is 1. The highest BCUT2D eigenvalue weighted by molar-refractivity contribution is 7.14. The van der Waals surface area contributed by atoms with Crippen LogP contribution in [0.15, 0.2) is 54.6 Å². The first-order valence-corrected chi connectivity index (χ1v) is 11.7. The lowest BCUT2D eigenvalue weighted by Crippen LogP contribution is -2.32. The highest BCUT2D eigenvalue weighted by atomic mass is 32.1. The molecule has 168 valence electrons. The van der Waals surface area contributed by atoms with Crippen molar-refractivity contribution in [2.75, 3.05) is 13.7 Å². The molecule has 1 saturated heterocycles. The second-order valence-corrected chi connectivity index (χ2v) is 9.05. The van der Waals surface area contributed by atoms with Crippen LogP contribution in [0.3, 0.4) is 0 Å². The number of esters is 1. The molecule has 0 spiro atoms. The SMILES string of the molecule is COC(=O)c1ccc(C#CCN2C(=O)CC[C@@H]2C=C[C@H](O)[C@@H](C)CCc2ccccc2)s1. The predicted molar refractivity (Wildman–Crippen MR) is 126 cm³/mol. The Morgan fingerprint density at radius 3 is 2.84 bits per heavy atom. The van der Waals surface area contributed by atoms with Gasteiger partial charge in [-0.1, -0.05) is 61.2 Å². The molecule has 1 aromatic heterocycles. The Labute approximate surface area is 193 Å². The molecule has 1 fully saturated rings. The Hall–Kier alpha value is -2.88. The number of thiophene rings is 1. The Bertz CT molecular complexity index is 1000. The molecule has 0 aliphatic carbocycles. The van der Waals surface area contributed by atoms with Crippen LogP contribution in [0, 0.1) is 17.8 Å². The fourth-order valence-electron chi connectivity index (χ4n) is 3.63. The second-order valence-electron chi connectivity index (χ2n) is 7.96. The number of rotatable bonds is 8. The molecule has 1 N–H and O–H groups in total. The molecule has 1 amide bonds. The lowest BCUT2D eigenvalue weighted by molar-refractivity contribution is -0.127. The van der Waals surface area contributed by atoms with E-state index in [-0.39, 0.29) is 23.8 Å². The molecule has 1 aromatic carbocycles. The number of aryl methyl sites for hydroxylation is 1. The molecule has 1 aliphatic heterocycles. The van der Waals surface area contributed by atoms with Crippen LogP contribution < -0.4 is 0 Å². The van der Waals surface area contributed by atoms with E-state index in [1.165, 1.54) is 24.0 Å². The Kier molecular flexibility index (Phi) is 8.66. The molecule has 2 aromatic rings. The Morgan fingerprint density at radius 1 is 1.31 bits per heavy atom. The molecule has 6 heteroatoms. The highest BCUT2D eigenvalue weighted by Crippen LogP contribution is 2.21. The number of carbonyl (C=O) groups excluding carboxylic acids is 2. The van der Waals surface area contributed by atoms with Crippen LogP contribution >= 0.6 is 11.3 Å². The van der Waals surface area contributed by atoms with Crippen molar-refractivity contribution >= 4 is 23.2 Å². The van der Waals surface area contributed by atoms with Gasteiger partial charge >= 0.3 is 5.97 Å². The molecule has 0 saturated carbocycles. The normalized spacial score (nSPS) is 17.8. The number of methoxy groups -OCH3 is 1. The molecule has 32 heavy (non-hydrogen) atoms. The predicted octanol–water partition coefficient (Wildman–Crippen LogP) is 4.06. The van der Waals surface area contributed by atoms with E-state index in [1.54, 1.807) is 17.0 Å². The van der Waals surface area contributed by atoms with Gasteiger partial charge in [-0.05, 0) is 42.9 Å². The largest absolute Gasteiger partial charge is 0.465 e. The van der Waals surface area contributed by atoms with Crippen LogP contribution in [0.25, 0.3) is 0 Å². The number of benzene rings is 1. The number of hydrogen-bond acceptors (Lipinski definition) is 5. The monoisotopic (exact) mass is 451 g/mol. The molecular formula is C26H29NO4S. The zero-order valence-corrected chi connectivity index (χ0v) is 19.3. The van der Waals surface area contributed by atoms with Gasteiger partial charge in [0.1, 0.15) is 4.88 Å². The zero-order valence-electron chi connectivity index (χ0n) is 18.5. The number of aliphatic hydroxyl groups excluding tert-OH is 1. The number of nitrogens with zero attached hydrogens (tertiary/aromatic N) is 1. The van der Waals surface area contributed by atoms with Gasteiger partial charge in [0.2, 0.25) is 5.91 Å². The summed E-state index contributed by atoms with van der Waals surface area (Å²) in [5, 5.41) is 10.5. The van der Waals surface area contributed by atoms with Gasteiger partial charge in [0.25, 0.3) is 0 Å². The highest BCUT2D eigenvalue weighted by Gasteiger charge is 2.28. The first kappa shape index (κ1) is 23.8. The zero-order chi connectivity index (χ0) is 22.9. The molecule has 3 rings (SSSR count). The minimum atomic E-state index is -0.551. The standard InChI is InChI=1S/C26H29NO4S/c1-19(10-11-20-7-4-3-5-8-20)23(28)15-12-21-13-17-25(29)27(21)18-6-9-22-14-16-24(32-22)26(30)31-2/h3-5,7-8,12,14-16,19,21,23,28H,10-11,13,17-18H2,1-2H3/t19-,21-,23-/m0/s1. The summed E-state index contributed by atoms with van der Waals surface area (Å²) in [6.45, 7) is 2.36. The topological polar surface area (TPSA) is 66.8 Å². The number of likely N-dealkylation sites (tertiary alicyclic amines) is 1. The van der Waals surface area contributed by atoms with Gasteiger partial charge in [-0.2, -0.15) is 0 Å². The minimum absolute atomic E-state index is 0.0539. The number of ether oxygens (including phenoxy) is 1. The average Bonchev–Trinajstić information content (AvgIpc) is 3.43.